The number of aliphatic imine (C=N–C) groups is 1. The van der Waals surface area contributed by atoms with Gasteiger partial charge in [-0.1, -0.05) is 25.1 Å². The number of aliphatic hydroxyl groups is 1. The summed E-state index contributed by atoms with van der Waals surface area (Å²) in [6.45, 7) is 10.4. The summed E-state index contributed by atoms with van der Waals surface area (Å²) in [5, 5.41) is 18.5. The summed E-state index contributed by atoms with van der Waals surface area (Å²) in [6, 6.07) is 15.9. The predicted octanol–water partition coefficient (Wildman–Crippen LogP) is 6.47. The van der Waals surface area contributed by atoms with Crippen molar-refractivity contribution in [2.45, 2.75) is 77.8 Å². The highest BCUT2D eigenvalue weighted by Crippen LogP contribution is 2.56. The van der Waals surface area contributed by atoms with Gasteiger partial charge in [0.2, 0.25) is 0 Å². The van der Waals surface area contributed by atoms with Crippen molar-refractivity contribution in [1.29, 1.82) is 0 Å². The molecule has 1 aliphatic carbocycles. The van der Waals surface area contributed by atoms with Gasteiger partial charge in [0.05, 0.1) is 24.0 Å². The van der Waals surface area contributed by atoms with Gasteiger partial charge in [0, 0.05) is 91.1 Å². The van der Waals surface area contributed by atoms with Crippen LogP contribution in [0.3, 0.4) is 0 Å². The Hall–Kier alpha value is -6.29. The molecule has 5 N–H and O–H groups in total. The maximum Gasteiger partial charge on any atom is 0.438 e. The van der Waals surface area contributed by atoms with Crippen molar-refractivity contribution in [3.05, 3.63) is 133 Å². The van der Waals surface area contributed by atoms with Crippen molar-refractivity contribution >= 4 is 46.5 Å². The zero-order valence-corrected chi connectivity index (χ0v) is 39.5. The van der Waals surface area contributed by atoms with Crippen molar-refractivity contribution in [1.82, 2.24) is 28.7 Å². The van der Waals surface area contributed by atoms with Gasteiger partial charge in [0.1, 0.15) is 30.0 Å². The number of ether oxygens (including phenoxy) is 1. The molecule has 1 amide bonds. The molecule has 3 aromatic carbocycles. The smallest absolute Gasteiger partial charge is 0.402 e. The maximum absolute atomic E-state index is 15.5. The molecule has 352 valence electrons. The average molecular weight is 934 g/mol. The number of nitrogens with zero attached hydrogens (tertiary/aromatic N) is 6. The Morgan fingerprint density at radius 2 is 1.81 bits per heavy atom. The van der Waals surface area contributed by atoms with E-state index >= 15 is 9.18 Å². The number of aromatic nitrogens is 5. The first kappa shape index (κ1) is 45.8. The number of nitrogens with two attached hydrogens (primary N) is 1. The molecule has 5 heterocycles. The van der Waals surface area contributed by atoms with Gasteiger partial charge in [-0.3, -0.25) is 23.4 Å². The van der Waals surface area contributed by atoms with Crippen LogP contribution < -0.4 is 27.8 Å². The number of carbonyl (C=O) groups is 1. The number of benzene rings is 3. The van der Waals surface area contributed by atoms with Crippen LogP contribution in [0.4, 0.5) is 15.8 Å². The molecule has 0 bridgehead atoms. The SMILES string of the molecule is CC[P@](=O)(CCO)c1ccc(-n2ccn(C(=Nc3cc(C)c(F)c(C)c3)C3=C(N)CCN(C(=O)c4cc5cc(C6CCOCC6)ccc5n4[C@@]4(c5noc(=O)[nH]5)C[C@@H]4C)[C@H]3C)c2=O)cc1NC. The second kappa shape index (κ2) is 17.7. The predicted molar refractivity (Wildman–Crippen MR) is 257 cm³/mol. The van der Waals surface area contributed by atoms with Gasteiger partial charge in [-0.25, -0.2) is 19.0 Å². The first-order chi connectivity index (χ1) is 32.1. The largest absolute Gasteiger partial charge is 0.438 e. The number of anilines is 1. The third-order valence-corrected chi connectivity index (χ3v) is 17.4. The minimum absolute atomic E-state index is 0.00944. The third kappa shape index (κ3) is 7.89. The van der Waals surface area contributed by atoms with E-state index in [0.717, 1.165) is 29.3 Å². The van der Waals surface area contributed by atoms with Crippen LogP contribution in [0.15, 0.2) is 97.4 Å². The van der Waals surface area contributed by atoms with Crippen molar-refractivity contribution in [2.24, 2.45) is 16.6 Å². The lowest BCUT2D eigenvalue weighted by atomic mass is 9.91. The van der Waals surface area contributed by atoms with Crippen molar-refractivity contribution in [3.8, 4) is 5.69 Å². The number of halogens is 1. The minimum Gasteiger partial charge on any atom is -0.402 e. The van der Waals surface area contributed by atoms with Crippen LogP contribution >= 0.6 is 7.14 Å². The van der Waals surface area contributed by atoms with Crippen LogP contribution in [0.25, 0.3) is 16.6 Å². The molecule has 67 heavy (non-hydrogen) atoms. The summed E-state index contributed by atoms with van der Waals surface area (Å²) in [4.78, 5) is 52.3. The van der Waals surface area contributed by atoms with E-state index in [1.165, 1.54) is 9.13 Å². The molecule has 0 spiro atoms. The zero-order valence-electron chi connectivity index (χ0n) is 38.6. The molecule has 0 unspecified atom stereocenters. The highest BCUT2D eigenvalue weighted by atomic mass is 31.2. The molecule has 1 saturated heterocycles. The monoisotopic (exact) mass is 933 g/mol. The lowest BCUT2D eigenvalue weighted by molar-refractivity contribution is 0.0697. The Kier molecular flexibility index (Phi) is 12.1. The van der Waals surface area contributed by atoms with Gasteiger partial charge in [-0.15, -0.1) is 0 Å². The number of hydrogen-bond donors (Lipinski definition) is 4. The number of fused-ring (bicyclic) bond motifs is 1. The lowest BCUT2D eigenvalue weighted by Crippen LogP contribution is -2.49. The number of H-pyrrole nitrogens is 1. The van der Waals surface area contributed by atoms with E-state index < -0.39 is 30.2 Å². The fourth-order valence-corrected chi connectivity index (χ4v) is 12.5. The summed E-state index contributed by atoms with van der Waals surface area (Å²) in [7, 11) is -1.22. The van der Waals surface area contributed by atoms with Crippen LogP contribution in [-0.2, 0) is 14.8 Å². The number of hydrogen-bond acceptors (Lipinski definition) is 11. The molecule has 3 aliphatic rings. The van der Waals surface area contributed by atoms with Gasteiger partial charge in [-0.05, 0) is 117 Å². The molecular formula is C49H57FN9O7P. The van der Waals surface area contributed by atoms with Gasteiger partial charge in [0.15, 0.2) is 5.82 Å². The summed E-state index contributed by atoms with van der Waals surface area (Å²) >= 11 is 0. The van der Waals surface area contributed by atoms with E-state index in [9.17, 15) is 19.3 Å². The molecular weight excluding hydrogens is 877 g/mol. The summed E-state index contributed by atoms with van der Waals surface area (Å²) in [5.74, 6) is -0.547. The molecule has 2 fully saturated rings. The fourth-order valence-electron chi connectivity index (χ4n) is 10.4. The fraction of sp³-hybridized carbons (Fsp3) is 0.408. The van der Waals surface area contributed by atoms with Gasteiger partial charge < -0.3 is 34.9 Å². The minimum atomic E-state index is -2.93. The molecule has 0 radical (unpaired) electrons. The van der Waals surface area contributed by atoms with Crippen LogP contribution in [0.5, 0.6) is 0 Å². The summed E-state index contributed by atoms with van der Waals surface area (Å²) in [5.41, 5.74) is 11.0. The number of carbonyl (C=O) groups excluding carboxylic acids is 1. The number of aliphatic hydroxyl groups excluding tert-OH is 1. The van der Waals surface area contributed by atoms with Crippen LogP contribution in [0.2, 0.25) is 0 Å². The maximum atomic E-state index is 15.5. The second-order valence-electron chi connectivity index (χ2n) is 18.2. The first-order valence-corrected chi connectivity index (χ1v) is 25.0. The lowest BCUT2D eigenvalue weighted by Gasteiger charge is -2.37. The molecule has 4 atom stereocenters. The Morgan fingerprint density at radius 1 is 1.07 bits per heavy atom. The van der Waals surface area contributed by atoms with E-state index in [-0.39, 0.29) is 49.2 Å². The van der Waals surface area contributed by atoms with E-state index in [1.54, 1.807) is 68.5 Å². The number of aromatic amines is 1. The molecule has 9 rings (SSSR count). The van der Waals surface area contributed by atoms with Crippen LogP contribution in [0.1, 0.15) is 85.4 Å². The Morgan fingerprint density at radius 3 is 2.45 bits per heavy atom. The molecule has 6 aromatic rings. The summed E-state index contributed by atoms with van der Waals surface area (Å²) in [6.07, 6.45) is 6.32. The molecule has 18 heteroatoms. The number of amides is 1. The Labute approximate surface area is 386 Å². The van der Waals surface area contributed by atoms with Crippen LogP contribution in [-0.4, -0.2) is 97.4 Å². The zero-order chi connectivity index (χ0) is 47.5. The van der Waals surface area contributed by atoms with Crippen molar-refractivity contribution < 1.29 is 28.1 Å². The standard InChI is InChI=1S/C49H57FN9O7P/c1-7-67(64,21-18-60)41-11-9-36(26-38(41)52-6)57-16-17-58(48(57)63)44(53-35-22-28(2)43(50)29(3)23-35)42-31(5)56(15-12-37(42)51)45(61)40-25-34-24-33(32-13-19-65-20-14-32)8-10-39(34)59(40)49(27-30(49)4)46-54-47(62)66-55-46/h8-11,16-17,22-26,30-32,52,60H,7,12-15,18-21,27,51H2,1-6H3,(H,54,55,62)/t30-,31-,49-,67-/m0/s1. The van der Waals surface area contributed by atoms with E-state index in [0.29, 0.717) is 88.0 Å². The Bertz CT molecular complexity index is 3130. The van der Waals surface area contributed by atoms with E-state index in [2.05, 4.69) is 34.5 Å². The normalized spacial score (nSPS) is 21.3. The van der Waals surface area contributed by atoms with E-state index in [4.69, 9.17) is 20.0 Å². The number of rotatable bonds is 12. The number of aryl methyl sites for hydroxylation is 2. The number of nitrogens with one attached hydrogen (secondary N) is 2. The third-order valence-electron chi connectivity index (χ3n) is 14.2. The quantitative estimate of drug-likeness (QED) is 0.0598. The molecule has 2 aliphatic heterocycles. The average Bonchev–Trinajstić information content (AvgIpc) is 3.64. The Balaban J connectivity index is 1.16. The highest BCUT2D eigenvalue weighted by Gasteiger charge is 2.59. The first-order valence-electron chi connectivity index (χ1n) is 22.9. The highest BCUT2D eigenvalue weighted by molar-refractivity contribution is 7.71. The number of imidazole rings is 1. The van der Waals surface area contributed by atoms with Gasteiger partial charge >= 0.3 is 11.4 Å². The second-order valence-corrected chi connectivity index (χ2v) is 21.5. The molecule has 1 saturated carbocycles. The summed E-state index contributed by atoms with van der Waals surface area (Å²) < 4.78 is 44.5. The van der Waals surface area contributed by atoms with Gasteiger partial charge in [-0.2, -0.15) is 0 Å². The van der Waals surface area contributed by atoms with E-state index in [1.807, 2.05) is 30.5 Å². The molecule has 16 nitrogen and oxygen atoms in total. The van der Waals surface area contributed by atoms with Gasteiger partial charge in [0.25, 0.3) is 5.91 Å². The van der Waals surface area contributed by atoms with Crippen molar-refractivity contribution in [3.63, 3.8) is 0 Å². The molecule has 3 aromatic heterocycles. The topological polar surface area (TPSA) is 208 Å². The van der Waals surface area contributed by atoms with Crippen molar-refractivity contribution in [2.75, 3.05) is 51.1 Å². The van der Waals surface area contributed by atoms with Crippen LogP contribution in [0, 0.1) is 25.6 Å².